The van der Waals surface area contributed by atoms with Gasteiger partial charge in [0.1, 0.15) is 12.3 Å². The summed E-state index contributed by atoms with van der Waals surface area (Å²) in [6.07, 6.45) is 25.1. The molecule has 0 spiro atoms. The van der Waals surface area contributed by atoms with Gasteiger partial charge in [0.2, 0.25) is 0 Å². The predicted octanol–water partition coefficient (Wildman–Crippen LogP) is 14.8. The number of aliphatic hydroxyl groups excluding tert-OH is 1. The van der Waals surface area contributed by atoms with Gasteiger partial charge >= 0.3 is 13.6 Å². The van der Waals surface area contributed by atoms with E-state index in [4.69, 9.17) is 61.2 Å². The number of hydrogen-bond acceptors (Lipinski definition) is 15. The average molecular weight is 1280 g/mol. The first-order chi connectivity index (χ1) is 37.1. The topological polar surface area (TPSA) is 165 Å². The van der Waals surface area contributed by atoms with Gasteiger partial charge < -0.3 is 61.2 Å². The van der Waals surface area contributed by atoms with E-state index >= 15 is 0 Å². The SMILES string of the molecule is CCOP(=O)(CC(=O)O[C@@H](C(C)C)[C@@H](C)/C=C/[C@H]1C[C@@H](C[C@H]2C[C@@H](C[C@@H]3C[C@H](C[C@@H]4C[C@H]([C@@H](C)[C@H](C\C=C(I)/C=C/C=C/C=C/C=C/CO)O[Si](C)(C)C(C)(C)C)OC(C)(C)O4)OC(C)(C)O3)OC(C)(C)O2)OC(C)(C)O1)OCC. The van der Waals surface area contributed by atoms with E-state index in [1.54, 1.807) is 19.9 Å². The van der Waals surface area contributed by atoms with Crippen LogP contribution in [-0.2, 0) is 65.5 Å². The molecule has 4 fully saturated rings. The van der Waals surface area contributed by atoms with E-state index in [1.807, 2.05) is 125 Å². The minimum absolute atomic E-state index is 0.00759. The summed E-state index contributed by atoms with van der Waals surface area (Å²) in [6, 6.07) is 0. The number of hydrogen-bond donors (Lipinski definition) is 1. The summed E-state index contributed by atoms with van der Waals surface area (Å²) >= 11 is 2.39. The fourth-order valence-corrected chi connectivity index (χ4v) is 14.4. The fraction of sp³-hybridized carbons (Fsp3) is 0.790. The molecule has 0 saturated carbocycles. The number of halogens is 1. The molecule has 0 radical (unpaired) electrons. The molecule has 0 bridgehead atoms. The van der Waals surface area contributed by atoms with Gasteiger partial charge in [-0.25, -0.2) is 0 Å². The molecular weight excluding hydrogens is 1170 g/mol. The number of carbonyl (C=O) groups is 1. The van der Waals surface area contributed by atoms with E-state index < -0.39 is 57.3 Å². The smallest absolute Gasteiger partial charge is 0.341 e. The van der Waals surface area contributed by atoms with Crippen molar-refractivity contribution in [2.75, 3.05) is 26.0 Å². The Kier molecular flexibility index (Phi) is 27.8. The second kappa shape index (κ2) is 31.3. The molecule has 4 rings (SSSR count). The lowest BCUT2D eigenvalue weighted by molar-refractivity contribution is -0.340. The van der Waals surface area contributed by atoms with Gasteiger partial charge in [-0.1, -0.05) is 109 Å². The number of rotatable bonds is 28. The monoisotopic (exact) mass is 1280 g/mol. The lowest BCUT2D eigenvalue weighted by Gasteiger charge is -2.48. The largest absolute Gasteiger partial charge is 0.461 e. The van der Waals surface area contributed by atoms with Crippen molar-refractivity contribution in [3.05, 3.63) is 70.4 Å². The minimum Gasteiger partial charge on any atom is -0.461 e. The maximum Gasteiger partial charge on any atom is 0.341 e. The van der Waals surface area contributed by atoms with Crippen LogP contribution in [-0.4, -0.2) is 130 Å². The normalized spacial score (nSPS) is 29.5. The minimum atomic E-state index is -3.60. The summed E-state index contributed by atoms with van der Waals surface area (Å²) in [5.41, 5.74) is 0. The van der Waals surface area contributed by atoms with E-state index in [0.29, 0.717) is 44.9 Å². The van der Waals surface area contributed by atoms with Crippen molar-refractivity contribution in [3.8, 4) is 0 Å². The van der Waals surface area contributed by atoms with Crippen molar-refractivity contribution >= 4 is 44.5 Å². The van der Waals surface area contributed by atoms with Gasteiger partial charge in [0, 0.05) is 60.4 Å². The van der Waals surface area contributed by atoms with Gasteiger partial charge in [-0.05, 0) is 128 Å². The molecule has 0 amide bonds. The first kappa shape index (κ1) is 71.1. The molecule has 4 aliphatic rings. The maximum atomic E-state index is 13.1. The Bertz CT molecular complexity index is 2130. The van der Waals surface area contributed by atoms with Crippen LogP contribution in [0.1, 0.15) is 169 Å². The van der Waals surface area contributed by atoms with Crippen molar-refractivity contribution in [1.29, 1.82) is 0 Å². The molecule has 0 aromatic heterocycles. The molecule has 4 aliphatic heterocycles. The zero-order chi connectivity index (χ0) is 59.9. The van der Waals surface area contributed by atoms with Crippen molar-refractivity contribution in [2.45, 2.75) is 271 Å². The number of allylic oxidation sites excluding steroid dienone is 8. The Morgan fingerprint density at radius 3 is 1.61 bits per heavy atom. The van der Waals surface area contributed by atoms with Gasteiger partial charge in [-0.15, -0.1) is 0 Å². The quantitative estimate of drug-likeness (QED) is 0.0196. The van der Waals surface area contributed by atoms with Crippen LogP contribution in [0.2, 0.25) is 18.1 Å². The molecule has 0 aromatic carbocycles. The number of aliphatic hydroxyl groups is 1. The molecule has 12 atom stereocenters. The second-order valence-electron chi connectivity index (χ2n) is 25.9. The highest BCUT2D eigenvalue weighted by atomic mass is 127. The summed E-state index contributed by atoms with van der Waals surface area (Å²) < 4.78 is 91.3. The van der Waals surface area contributed by atoms with Crippen LogP contribution in [0.4, 0.5) is 0 Å². The average Bonchev–Trinajstić information content (AvgIpc) is 3.29. The van der Waals surface area contributed by atoms with E-state index in [0.717, 1.165) is 10.0 Å². The first-order valence-electron chi connectivity index (χ1n) is 29.6. The third-order valence-electron chi connectivity index (χ3n) is 15.3. The summed E-state index contributed by atoms with van der Waals surface area (Å²) in [4.78, 5) is 13.1. The zero-order valence-electron chi connectivity index (χ0n) is 52.3. The van der Waals surface area contributed by atoms with E-state index in [2.05, 4.69) is 75.5 Å². The maximum absolute atomic E-state index is 13.1. The van der Waals surface area contributed by atoms with Crippen LogP contribution in [0, 0.1) is 17.8 Å². The Morgan fingerprint density at radius 2 is 1.14 bits per heavy atom. The van der Waals surface area contributed by atoms with Crippen molar-refractivity contribution in [2.24, 2.45) is 17.8 Å². The highest BCUT2D eigenvalue weighted by Gasteiger charge is 2.48. The molecule has 1 N–H and O–H groups in total. The van der Waals surface area contributed by atoms with E-state index in [9.17, 15) is 9.36 Å². The highest BCUT2D eigenvalue weighted by molar-refractivity contribution is 14.1. The van der Waals surface area contributed by atoms with Crippen LogP contribution in [0.3, 0.4) is 0 Å². The van der Waals surface area contributed by atoms with Crippen LogP contribution < -0.4 is 0 Å². The van der Waals surface area contributed by atoms with Gasteiger partial charge in [0.15, 0.2) is 31.5 Å². The molecule has 460 valence electrons. The molecule has 80 heavy (non-hydrogen) atoms. The first-order valence-corrected chi connectivity index (χ1v) is 35.3. The van der Waals surface area contributed by atoms with Gasteiger partial charge in [0.25, 0.3) is 0 Å². The predicted molar refractivity (Wildman–Crippen MR) is 328 cm³/mol. The highest BCUT2D eigenvalue weighted by Crippen LogP contribution is 2.48. The van der Waals surface area contributed by atoms with E-state index in [-0.39, 0.29) is 97.5 Å². The van der Waals surface area contributed by atoms with Crippen LogP contribution >= 0.6 is 30.2 Å². The van der Waals surface area contributed by atoms with Gasteiger partial charge in [0.05, 0.1) is 74.8 Å². The Morgan fingerprint density at radius 1 is 0.688 bits per heavy atom. The third-order valence-corrected chi connectivity index (χ3v) is 22.5. The standard InChI is InChI=1S/C62H106IO15PSi/c1-20-67-79(66,68-21-2)42-56(65)69-57(43(3)4)44(5)30-32-47-35-48(71-59(10,11)70-47)36-49-37-50(73-60(12,13)72-49)38-51-39-52(75-61(14,15)74-51)40-53-41-55(77-62(16,17)76-53)45(6)54(78-80(18,19)58(7,8)9)33-31-46(63)29-27-25-23-22-24-26-28-34-64/h22-32,43-45,47-55,57,64H,20-21,33-42H2,1-19H3/b24-22+,25-23+,28-26+,29-27+,32-30+,46-31+/t44-,45-,47-,48-,49-,50-,51+,52+,53+,54-,55+,57-/m0/s1. The molecule has 4 heterocycles. The van der Waals surface area contributed by atoms with Crippen molar-refractivity contribution in [1.82, 2.24) is 0 Å². The lowest BCUT2D eigenvalue weighted by Crippen LogP contribution is -2.53. The summed E-state index contributed by atoms with van der Waals surface area (Å²) in [5, 5.41) is 8.98. The van der Waals surface area contributed by atoms with Crippen LogP contribution in [0.15, 0.2) is 70.4 Å². The van der Waals surface area contributed by atoms with Crippen LogP contribution in [0.25, 0.3) is 0 Å². The van der Waals surface area contributed by atoms with E-state index in [1.165, 1.54) is 0 Å². The summed E-state index contributed by atoms with van der Waals surface area (Å²) in [7, 11) is -5.77. The summed E-state index contributed by atoms with van der Waals surface area (Å²) in [6.45, 7) is 39.4. The van der Waals surface area contributed by atoms with Gasteiger partial charge in [-0.3, -0.25) is 9.36 Å². The zero-order valence-corrected chi connectivity index (χ0v) is 56.4. The molecule has 0 aliphatic carbocycles. The molecule has 4 saturated heterocycles. The fourth-order valence-electron chi connectivity index (χ4n) is 11.1. The van der Waals surface area contributed by atoms with Crippen molar-refractivity contribution in [3.63, 3.8) is 0 Å². The Labute approximate surface area is 497 Å². The third kappa shape index (κ3) is 24.5. The number of esters is 1. The lowest BCUT2D eigenvalue weighted by atomic mass is 9.88. The molecular formula is C62H106IO15PSi. The number of ether oxygens (including phenoxy) is 9. The van der Waals surface area contributed by atoms with Crippen molar-refractivity contribution < 1.29 is 70.6 Å². The molecule has 18 heteroatoms. The molecule has 0 unspecified atom stereocenters. The molecule has 0 aromatic rings. The Hall–Kier alpha value is -1.39. The second-order valence-corrected chi connectivity index (χ2v) is 33.9. The van der Waals surface area contributed by atoms with Crippen LogP contribution in [0.5, 0.6) is 0 Å². The summed E-state index contributed by atoms with van der Waals surface area (Å²) in [5.74, 6) is -4.02. The number of carbonyl (C=O) groups excluding carboxylic acids is 1. The van der Waals surface area contributed by atoms with Gasteiger partial charge in [-0.2, -0.15) is 0 Å². The Balaban J connectivity index is 1.42. The molecule has 15 nitrogen and oxygen atoms in total.